The van der Waals surface area contributed by atoms with Crippen LogP contribution in [0.3, 0.4) is 0 Å². The van der Waals surface area contributed by atoms with Crippen molar-refractivity contribution in [1.29, 1.82) is 0 Å². The van der Waals surface area contributed by atoms with E-state index in [1.807, 2.05) is 11.8 Å². The number of halogens is 1. The first-order valence-electron chi connectivity index (χ1n) is 10.5. The fraction of sp³-hybridized carbons (Fsp3) is 0.636. The molecule has 2 aliphatic rings. The summed E-state index contributed by atoms with van der Waals surface area (Å²) in [5.74, 6) is 0.550. The highest BCUT2D eigenvalue weighted by Crippen LogP contribution is 2.28. The van der Waals surface area contributed by atoms with Gasteiger partial charge in [-0.15, -0.1) is 12.4 Å². The van der Waals surface area contributed by atoms with Gasteiger partial charge in [0.05, 0.1) is 6.04 Å². The highest BCUT2D eigenvalue weighted by molar-refractivity contribution is 5.85. The molecule has 2 amide bonds. The van der Waals surface area contributed by atoms with Crippen LogP contribution >= 0.6 is 12.4 Å². The standard InChI is InChI=1S/C22H33N3O2.ClH/c1-3-5-21(26)24-13-10-19(11-14-24)22(27)25-15-12-23-16-20(25)18-8-6-17(4-2)7-9-18;/h6-9,19-20,23H,3-5,10-16H2,1-2H3;1H. The predicted molar refractivity (Wildman–Crippen MR) is 115 cm³/mol. The zero-order valence-electron chi connectivity index (χ0n) is 17.2. The minimum absolute atomic E-state index is 0. The Hall–Kier alpha value is -1.59. The van der Waals surface area contributed by atoms with E-state index in [1.54, 1.807) is 0 Å². The van der Waals surface area contributed by atoms with E-state index in [4.69, 9.17) is 0 Å². The van der Waals surface area contributed by atoms with Gasteiger partial charge in [0.2, 0.25) is 11.8 Å². The Labute approximate surface area is 175 Å². The number of hydrogen-bond donors (Lipinski definition) is 1. The minimum Gasteiger partial charge on any atom is -0.343 e. The van der Waals surface area contributed by atoms with Crippen LogP contribution in [-0.2, 0) is 16.0 Å². The van der Waals surface area contributed by atoms with Crippen LogP contribution < -0.4 is 5.32 Å². The van der Waals surface area contributed by atoms with Gasteiger partial charge in [0.15, 0.2) is 0 Å². The molecule has 5 nitrogen and oxygen atoms in total. The van der Waals surface area contributed by atoms with Gasteiger partial charge in [0.1, 0.15) is 0 Å². The second-order valence-corrected chi connectivity index (χ2v) is 7.75. The molecule has 0 aliphatic carbocycles. The fourth-order valence-electron chi connectivity index (χ4n) is 4.22. The molecule has 3 rings (SSSR count). The molecular weight excluding hydrogens is 374 g/mol. The number of aryl methyl sites for hydroxylation is 1. The second kappa shape index (κ2) is 10.8. The Kier molecular flexibility index (Phi) is 8.77. The van der Waals surface area contributed by atoms with E-state index in [2.05, 4.69) is 41.4 Å². The fourth-order valence-corrected chi connectivity index (χ4v) is 4.22. The summed E-state index contributed by atoms with van der Waals surface area (Å²) >= 11 is 0. The molecule has 1 aromatic rings. The van der Waals surface area contributed by atoms with Gasteiger partial charge in [-0.1, -0.05) is 38.1 Å². The summed E-state index contributed by atoms with van der Waals surface area (Å²) in [6.07, 6.45) is 4.11. The van der Waals surface area contributed by atoms with Crippen LogP contribution in [0.15, 0.2) is 24.3 Å². The number of benzene rings is 1. The van der Waals surface area contributed by atoms with Gasteiger partial charge in [-0.05, 0) is 36.8 Å². The first kappa shape index (κ1) is 22.7. The molecule has 1 unspecified atom stereocenters. The van der Waals surface area contributed by atoms with Crippen molar-refractivity contribution in [3.05, 3.63) is 35.4 Å². The Morgan fingerprint density at radius 2 is 1.75 bits per heavy atom. The zero-order chi connectivity index (χ0) is 19.2. The number of nitrogens with zero attached hydrogens (tertiary/aromatic N) is 2. The van der Waals surface area contributed by atoms with Crippen LogP contribution in [0.2, 0.25) is 0 Å². The predicted octanol–water partition coefficient (Wildman–Crippen LogP) is 3.18. The van der Waals surface area contributed by atoms with Crippen molar-refractivity contribution in [2.45, 2.75) is 52.0 Å². The van der Waals surface area contributed by atoms with Gasteiger partial charge in [-0.2, -0.15) is 0 Å². The van der Waals surface area contributed by atoms with Crippen LogP contribution in [-0.4, -0.2) is 54.3 Å². The Bertz CT molecular complexity index is 642. The number of amides is 2. The van der Waals surface area contributed by atoms with Crippen LogP contribution in [0.5, 0.6) is 0 Å². The molecule has 0 spiro atoms. The highest BCUT2D eigenvalue weighted by atomic mass is 35.5. The van der Waals surface area contributed by atoms with Gasteiger partial charge in [-0.25, -0.2) is 0 Å². The topological polar surface area (TPSA) is 52.7 Å². The van der Waals surface area contributed by atoms with E-state index in [1.165, 1.54) is 11.1 Å². The number of nitrogens with one attached hydrogen (secondary N) is 1. The molecular formula is C22H34ClN3O2. The SMILES string of the molecule is CCCC(=O)N1CCC(C(=O)N2CCNCC2c2ccc(CC)cc2)CC1.Cl. The van der Waals surface area contributed by atoms with Crippen LogP contribution in [0, 0.1) is 5.92 Å². The smallest absolute Gasteiger partial charge is 0.226 e. The lowest BCUT2D eigenvalue weighted by Crippen LogP contribution is -2.52. The molecule has 2 saturated heterocycles. The number of carbonyl (C=O) groups excluding carboxylic acids is 2. The molecule has 1 N–H and O–H groups in total. The monoisotopic (exact) mass is 407 g/mol. The molecule has 0 radical (unpaired) electrons. The van der Waals surface area contributed by atoms with E-state index in [0.717, 1.165) is 58.4 Å². The molecule has 0 saturated carbocycles. The second-order valence-electron chi connectivity index (χ2n) is 7.75. The summed E-state index contributed by atoms with van der Waals surface area (Å²) in [6.45, 7) is 8.05. The van der Waals surface area contributed by atoms with Crippen molar-refractivity contribution < 1.29 is 9.59 Å². The third-order valence-corrected chi connectivity index (χ3v) is 5.96. The normalized spacial score (nSPS) is 20.6. The largest absolute Gasteiger partial charge is 0.343 e. The van der Waals surface area contributed by atoms with Crippen molar-refractivity contribution >= 4 is 24.2 Å². The third-order valence-electron chi connectivity index (χ3n) is 5.96. The van der Waals surface area contributed by atoms with Crippen LogP contribution in [0.1, 0.15) is 56.7 Å². The van der Waals surface area contributed by atoms with Gasteiger partial charge >= 0.3 is 0 Å². The molecule has 2 aliphatic heterocycles. The van der Waals surface area contributed by atoms with Gasteiger partial charge in [0, 0.05) is 45.1 Å². The number of piperazine rings is 1. The summed E-state index contributed by atoms with van der Waals surface area (Å²) in [4.78, 5) is 29.4. The maximum atomic E-state index is 13.3. The maximum Gasteiger partial charge on any atom is 0.226 e. The third kappa shape index (κ3) is 5.26. The number of piperidine rings is 1. The van der Waals surface area contributed by atoms with Crippen LogP contribution in [0.25, 0.3) is 0 Å². The van der Waals surface area contributed by atoms with E-state index < -0.39 is 0 Å². The molecule has 0 bridgehead atoms. The van der Waals surface area contributed by atoms with Gasteiger partial charge in [-0.3, -0.25) is 9.59 Å². The summed E-state index contributed by atoms with van der Waals surface area (Å²) in [5.41, 5.74) is 2.54. The molecule has 1 aromatic carbocycles. The maximum absolute atomic E-state index is 13.3. The van der Waals surface area contributed by atoms with Crippen molar-refractivity contribution in [3.8, 4) is 0 Å². The first-order chi connectivity index (χ1) is 13.1. The number of rotatable bonds is 5. The quantitative estimate of drug-likeness (QED) is 0.815. The summed E-state index contributed by atoms with van der Waals surface area (Å²) in [6, 6.07) is 8.79. The summed E-state index contributed by atoms with van der Waals surface area (Å²) in [7, 11) is 0. The number of hydrogen-bond acceptors (Lipinski definition) is 3. The molecule has 1 atom stereocenters. The Balaban J connectivity index is 0.00000280. The van der Waals surface area contributed by atoms with E-state index in [0.29, 0.717) is 6.42 Å². The average Bonchev–Trinajstić information content (AvgIpc) is 2.73. The molecule has 0 aromatic heterocycles. The van der Waals surface area contributed by atoms with Crippen LogP contribution in [0.4, 0.5) is 0 Å². The lowest BCUT2D eigenvalue weighted by molar-refractivity contribution is -0.143. The van der Waals surface area contributed by atoms with Gasteiger partial charge in [0.25, 0.3) is 0 Å². The van der Waals surface area contributed by atoms with E-state index >= 15 is 0 Å². The molecule has 2 fully saturated rings. The highest BCUT2D eigenvalue weighted by Gasteiger charge is 2.34. The lowest BCUT2D eigenvalue weighted by atomic mass is 9.92. The van der Waals surface area contributed by atoms with E-state index in [-0.39, 0.29) is 36.2 Å². The molecule has 6 heteroatoms. The van der Waals surface area contributed by atoms with E-state index in [9.17, 15) is 9.59 Å². The number of carbonyl (C=O) groups is 2. The molecule has 28 heavy (non-hydrogen) atoms. The Morgan fingerprint density at radius 1 is 1.07 bits per heavy atom. The summed E-state index contributed by atoms with van der Waals surface area (Å²) in [5, 5.41) is 3.44. The Morgan fingerprint density at radius 3 is 2.36 bits per heavy atom. The van der Waals surface area contributed by atoms with Gasteiger partial charge < -0.3 is 15.1 Å². The van der Waals surface area contributed by atoms with Crippen molar-refractivity contribution in [2.24, 2.45) is 5.92 Å². The van der Waals surface area contributed by atoms with Crippen molar-refractivity contribution in [3.63, 3.8) is 0 Å². The number of likely N-dealkylation sites (tertiary alicyclic amines) is 1. The first-order valence-corrected chi connectivity index (χ1v) is 10.5. The molecule has 156 valence electrons. The van der Waals surface area contributed by atoms with Crippen molar-refractivity contribution in [1.82, 2.24) is 15.1 Å². The minimum atomic E-state index is 0. The van der Waals surface area contributed by atoms with Crippen molar-refractivity contribution in [2.75, 3.05) is 32.7 Å². The summed E-state index contributed by atoms with van der Waals surface area (Å²) < 4.78 is 0. The lowest BCUT2D eigenvalue weighted by Gasteiger charge is -2.40. The average molecular weight is 408 g/mol. The molecule has 2 heterocycles. The zero-order valence-corrected chi connectivity index (χ0v) is 18.0.